The van der Waals surface area contributed by atoms with E-state index in [0.29, 0.717) is 21.4 Å². The molecule has 0 fully saturated rings. The van der Waals surface area contributed by atoms with Crippen LogP contribution in [-0.4, -0.2) is 0 Å². The van der Waals surface area contributed by atoms with Crippen molar-refractivity contribution in [1.82, 2.24) is 0 Å². The molecular formula is C14H14Cl2N2. The molecule has 0 unspecified atom stereocenters. The number of anilines is 3. The SMILES string of the molecule is CCc1ccc(Nc2c(Cl)cc(N)cc2Cl)cc1. The van der Waals surface area contributed by atoms with Gasteiger partial charge in [0.15, 0.2) is 0 Å². The summed E-state index contributed by atoms with van der Waals surface area (Å²) in [6, 6.07) is 11.5. The average Bonchev–Trinajstić information content (AvgIpc) is 2.34. The lowest BCUT2D eigenvalue weighted by Crippen LogP contribution is -1.94. The first kappa shape index (κ1) is 13.1. The van der Waals surface area contributed by atoms with Gasteiger partial charge in [0.1, 0.15) is 0 Å². The van der Waals surface area contributed by atoms with Crippen LogP contribution >= 0.6 is 23.2 Å². The fourth-order valence-corrected chi connectivity index (χ4v) is 2.28. The summed E-state index contributed by atoms with van der Waals surface area (Å²) in [5.74, 6) is 0. The van der Waals surface area contributed by atoms with E-state index in [1.54, 1.807) is 12.1 Å². The van der Waals surface area contributed by atoms with E-state index in [0.717, 1.165) is 12.1 Å². The van der Waals surface area contributed by atoms with Crippen LogP contribution in [0.4, 0.5) is 17.1 Å². The van der Waals surface area contributed by atoms with Crippen molar-refractivity contribution in [1.29, 1.82) is 0 Å². The largest absolute Gasteiger partial charge is 0.399 e. The predicted molar refractivity (Wildman–Crippen MR) is 80.0 cm³/mol. The van der Waals surface area contributed by atoms with Crippen molar-refractivity contribution in [2.75, 3.05) is 11.1 Å². The Labute approximate surface area is 117 Å². The van der Waals surface area contributed by atoms with E-state index in [9.17, 15) is 0 Å². The molecule has 0 aliphatic heterocycles. The maximum absolute atomic E-state index is 6.12. The fourth-order valence-electron chi connectivity index (χ4n) is 1.68. The Bertz CT molecular complexity index is 527. The lowest BCUT2D eigenvalue weighted by Gasteiger charge is -2.11. The molecule has 4 heteroatoms. The van der Waals surface area contributed by atoms with Gasteiger partial charge in [-0.25, -0.2) is 0 Å². The van der Waals surface area contributed by atoms with Gasteiger partial charge in [-0.05, 0) is 36.2 Å². The molecule has 0 spiro atoms. The van der Waals surface area contributed by atoms with Gasteiger partial charge in [0.05, 0.1) is 15.7 Å². The van der Waals surface area contributed by atoms with Crippen molar-refractivity contribution in [3.05, 3.63) is 52.0 Å². The van der Waals surface area contributed by atoms with Crippen molar-refractivity contribution in [2.45, 2.75) is 13.3 Å². The van der Waals surface area contributed by atoms with Gasteiger partial charge in [0.25, 0.3) is 0 Å². The summed E-state index contributed by atoms with van der Waals surface area (Å²) in [7, 11) is 0. The van der Waals surface area contributed by atoms with Crippen LogP contribution in [-0.2, 0) is 6.42 Å². The molecule has 94 valence electrons. The molecule has 0 aliphatic carbocycles. The minimum atomic E-state index is 0.513. The predicted octanol–water partition coefficient (Wildman–Crippen LogP) is 4.88. The molecule has 18 heavy (non-hydrogen) atoms. The zero-order chi connectivity index (χ0) is 13.1. The molecule has 2 nitrogen and oxygen atoms in total. The first-order chi connectivity index (χ1) is 8.60. The quantitative estimate of drug-likeness (QED) is 0.787. The van der Waals surface area contributed by atoms with Crippen molar-refractivity contribution in [3.63, 3.8) is 0 Å². The van der Waals surface area contributed by atoms with Gasteiger partial charge in [-0.2, -0.15) is 0 Å². The number of hydrogen-bond donors (Lipinski definition) is 2. The lowest BCUT2D eigenvalue weighted by atomic mass is 10.1. The summed E-state index contributed by atoms with van der Waals surface area (Å²) in [4.78, 5) is 0. The highest BCUT2D eigenvalue weighted by Crippen LogP contribution is 2.34. The Morgan fingerprint density at radius 3 is 2.11 bits per heavy atom. The number of benzene rings is 2. The third-order valence-electron chi connectivity index (χ3n) is 2.70. The molecule has 0 saturated heterocycles. The maximum atomic E-state index is 6.12. The van der Waals surface area contributed by atoms with Gasteiger partial charge < -0.3 is 11.1 Å². The summed E-state index contributed by atoms with van der Waals surface area (Å²) >= 11 is 12.2. The third kappa shape index (κ3) is 2.89. The molecule has 3 N–H and O–H groups in total. The first-order valence-electron chi connectivity index (χ1n) is 5.70. The minimum absolute atomic E-state index is 0.513. The summed E-state index contributed by atoms with van der Waals surface area (Å²) in [5.41, 5.74) is 9.13. The summed E-state index contributed by atoms with van der Waals surface area (Å²) in [5, 5.41) is 4.23. The number of nitrogen functional groups attached to an aromatic ring is 1. The molecule has 2 rings (SSSR count). The number of halogens is 2. The fraction of sp³-hybridized carbons (Fsp3) is 0.143. The van der Waals surface area contributed by atoms with E-state index in [4.69, 9.17) is 28.9 Å². The standard InChI is InChI=1S/C14H14Cl2N2/c1-2-9-3-5-11(6-4-9)18-14-12(15)7-10(17)8-13(14)16/h3-8,18H,2,17H2,1H3. The Kier molecular flexibility index (Phi) is 4.00. The van der Waals surface area contributed by atoms with E-state index in [1.807, 2.05) is 12.1 Å². The second-order valence-electron chi connectivity index (χ2n) is 4.04. The van der Waals surface area contributed by atoms with Gasteiger partial charge in [0.2, 0.25) is 0 Å². The summed E-state index contributed by atoms with van der Waals surface area (Å²) in [6.45, 7) is 2.12. The Morgan fingerprint density at radius 1 is 1.06 bits per heavy atom. The van der Waals surface area contributed by atoms with Crippen LogP contribution in [0.1, 0.15) is 12.5 Å². The van der Waals surface area contributed by atoms with E-state index in [-0.39, 0.29) is 0 Å². The smallest absolute Gasteiger partial charge is 0.0764 e. The molecule has 0 atom stereocenters. The van der Waals surface area contributed by atoms with Crippen LogP contribution in [0, 0.1) is 0 Å². The first-order valence-corrected chi connectivity index (χ1v) is 6.46. The Balaban J connectivity index is 2.28. The molecule has 0 saturated carbocycles. The highest BCUT2D eigenvalue weighted by Gasteiger charge is 2.07. The molecule has 0 aromatic heterocycles. The van der Waals surface area contributed by atoms with Gasteiger partial charge in [-0.15, -0.1) is 0 Å². The zero-order valence-electron chi connectivity index (χ0n) is 10.0. The van der Waals surface area contributed by atoms with Crippen LogP contribution in [0.5, 0.6) is 0 Å². The van der Waals surface area contributed by atoms with Crippen LogP contribution in [0.2, 0.25) is 10.0 Å². The molecule has 0 radical (unpaired) electrons. The van der Waals surface area contributed by atoms with Gasteiger partial charge in [-0.1, -0.05) is 42.3 Å². The monoisotopic (exact) mass is 280 g/mol. The van der Waals surface area contributed by atoms with Crippen molar-refractivity contribution in [2.24, 2.45) is 0 Å². The van der Waals surface area contributed by atoms with Crippen molar-refractivity contribution in [3.8, 4) is 0 Å². The van der Waals surface area contributed by atoms with Gasteiger partial charge in [0, 0.05) is 11.4 Å². The number of aryl methyl sites for hydroxylation is 1. The van der Waals surface area contributed by atoms with Crippen LogP contribution in [0.25, 0.3) is 0 Å². The minimum Gasteiger partial charge on any atom is -0.399 e. The average molecular weight is 281 g/mol. The lowest BCUT2D eigenvalue weighted by molar-refractivity contribution is 1.14. The topological polar surface area (TPSA) is 38.0 Å². The number of nitrogens with one attached hydrogen (secondary N) is 1. The summed E-state index contributed by atoms with van der Waals surface area (Å²) in [6.07, 6.45) is 1.02. The molecular weight excluding hydrogens is 267 g/mol. The normalized spacial score (nSPS) is 10.4. The van der Waals surface area contributed by atoms with E-state index < -0.39 is 0 Å². The molecule has 0 aliphatic rings. The van der Waals surface area contributed by atoms with Crippen molar-refractivity contribution >= 4 is 40.3 Å². The number of hydrogen-bond acceptors (Lipinski definition) is 2. The van der Waals surface area contributed by atoms with E-state index in [2.05, 4.69) is 24.4 Å². The molecule has 0 amide bonds. The molecule has 2 aromatic rings. The highest BCUT2D eigenvalue weighted by atomic mass is 35.5. The van der Waals surface area contributed by atoms with E-state index >= 15 is 0 Å². The Hall–Kier alpha value is -1.38. The van der Waals surface area contributed by atoms with Crippen molar-refractivity contribution < 1.29 is 0 Å². The number of nitrogens with two attached hydrogens (primary N) is 1. The van der Waals surface area contributed by atoms with Gasteiger partial charge >= 0.3 is 0 Å². The number of rotatable bonds is 3. The third-order valence-corrected chi connectivity index (χ3v) is 3.29. The van der Waals surface area contributed by atoms with Gasteiger partial charge in [-0.3, -0.25) is 0 Å². The second-order valence-corrected chi connectivity index (χ2v) is 4.85. The maximum Gasteiger partial charge on any atom is 0.0764 e. The van der Waals surface area contributed by atoms with Crippen LogP contribution in [0.3, 0.4) is 0 Å². The second kappa shape index (κ2) is 5.51. The van der Waals surface area contributed by atoms with Crippen LogP contribution in [0.15, 0.2) is 36.4 Å². The highest BCUT2D eigenvalue weighted by molar-refractivity contribution is 6.39. The molecule has 0 heterocycles. The molecule has 2 aromatic carbocycles. The van der Waals surface area contributed by atoms with Crippen LogP contribution < -0.4 is 11.1 Å². The zero-order valence-corrected chi connectivity index (χ0v) is 11.5. The summed E-state index contributed by atoms with van der Waals surface area (Å²) < 4.78 is 0. The Morgan fingerprint density at radius 2 is 1.61 bits per heavy atom. The van der Waals surface area contributed by atoms with E-state index in [1.165, 1.54) is 5.56 Å². The molecule has 0 bridgehead atoms.